The van der Waals surface area contributed by atoms with Crippen LogP contribution in [0, 0.1) is 0 Å². The third-order valence-electron chi connectivity index (χ3n) is 1.34. The predicted molar refractivity (Wildman–Crippen MR) is 29.3 cm³/mol. The Hall–Kier alpha value is -0.440. The Morgan fingerprint density at radius 3 is 2.89 bits per heavy atom. The maximum atomic E-state index is 12.2. The van der Waals surface area contributed by atoms with Crippen LogP contribution in [0.5, 0.6) is 0 Å². The van der Waals surface area contributed by atoms with E-state index in [1.165, 1.54) is 0 Å². The van der Waals surface area contributed by atoms with Gasteiger partial charge in [-0.25, -0.2) is 8.78 Å². The van der Waals surface area contributed by atoms with Gasteiger partial charge in [-0.1, -0.05) is 0 Å². The molecule has 0 radical (unpaired) electrons. The van der Waals surface area contributed by atoms with E-state index in [9.17, 15) is 8.78 Å². The van der Waals surface area contributed by atoms with Crippen LogP contribution in [0.3, 0.4) is 0 Å². The Labute approximate surface area is 52.3 Å². The first-order valence-electron chi connectivity index (χ1n) is 2.92. The molecule has 0 amide bonds. The monoisotopic (exact) mass is 134 g/mol. The van der Waals surface area contributed by atoms with Crippen LogP contribution in [0.1, 0.15) is 12.8 Å². The molecular weight excluding hydrogens is 126 g/mol. The normalized spacial score (nSPS) is 29.1. The third kappa shape index (κ3) is 1.48. The van der Waals surface area contributed by atoms with Gasteiger partial charge in [0.2, 0.25) is 0 Å². The summed E-state index contributed by atoms with van der Waals surface area (Å²) in [5.41, 5.74) is 0. The van der Waals surface area contributed by atoms with Gasteiger partial charge in [0.1, 0.15) is 12.4 Å². The van der Waals surface area contributed by atoms with Crippen molar-refractivity contribution in [2.45, 2.75) is 18.9 Å². The molecule has 1 saturated heterocycles. The molecule has 1 fully saturated rings. The topological polar surface area (TPSA) is 9.23 Å². The van der Waals surface area contributed by atoms with Crippen LogP contribution in [-0.2, 0) is 4.74 Å². The molecule has 52 valence electrons. The third-order valence-corrected chi connectivity index (χ3v) is 1.34. The molecule has 0 aromatic rings. The zero-order chi connectivity index (χ0) is 6.69. The van der Waals surface area contributed by atoms with E-state index in [1.54, 1.807) is 0 Å². The van der Waals surface area contributed by atoms with E-state index < -0.39 is 11.9 Å². The summed E-state index contributed by atoms with van der Waals surface area (Å²) >= 11 is 0. The SMILES string of the molecule is F/C=C(/F)C1CCCO1. The molecule has 1 nitrogen and oxygen atoms in total. The van der Waals surface area contributed by atoms with E-state index in [2.05, 4.69) is 0 Å². The summed E-state index contributed by atoms with van der Waals surface area (Å²) in [6, 6.07) is 0. The molecule has 1 rings (SSSR count). The summed E-state index contributed by atoms with van der Waals surface area (Å²) in [6.45, 7) is 0.548. The second-order valence-corrected chi connectivity index (χ2v) is 2.00. The fourth-order valence-corrected chi connectivity index (χ4v) is 0.865. The van der Waals surface area contributed by atoms with E-state index in [0.29, 0.717) is 13.0 Å². The van der Waals surface area contributed by atoms with Crippen LogP contribution in [0.15, 0.2) is 12.2 Å². The number of hydrogen-bond acceptors (Lipinski definition) is 1. The van der Waals surface area contributed by atoms with Crippen molar-refractivity contribution in [3.63, 3.8) is 0 Å². The van der Waals surface area contributed by atoms with Crippen molar-refractivity contribution in [3.05, 3.63) is 12.2 Å². The average Bonchev–Trinajstić information content (AvgIpc) is 2.37. The molecule has 0 spiro atoms. The summed E-state index contributed by atoms with van der Waals surface area (Å²) in [5, 5.41) is 0. The van der Waals surface area contributed by atoms with E-state index >= 15 is 0 Å². The van der Waals surface area contributed by atoms with E-state index in [-0.39, 0.29) is 6.33 Å². The quantitative estimate of drug-likeness (QED) is 0.532. The van der Waals surface area contributed by atoms with Crippen molar-refractivity contribution in [1.29, 1.82) is 0 Å². The average molecular weight is 134 g/mol. The Morgan fingerprint density at radius 1 is 1.67 bits per heavy atom. The van der Waals surface area contributed by atoms with Crippen molar-refractivity contribution in [2.24, 2.45) is 0 Å². The molecule has 0 aromatic carbocycles. The van der Waals surface area contributed by atoms with Crippen LogP contribution < -0.4 is 0 Å². The molecule has 0 N–H and O–H groups in total. The molecule has 1 aliphatic heterocycles. The summed E-state index contributed by atoms with van der Waals surface area (Å²) in [4.78, 5) is 0. The zero-order valence-corrected chi connectivity index (χ0v) is 4.94. The molecule has 3 heteroatoms. The highest BCUT2D eigenvalue weighted by molar-refractivity contribution is 4.95. The second kappa shape index (κ2) is 2.92. The van der Waals surface area contributed by atoms with Gasteiger partial charge in [0.05, 0.1) is 0 Å². The molecule has 0 aliphatic carbocycles. The predicted octanol–water partition coefficient (Wildman–Crippen LogP) is 1.95. The maximum absolute atomic E-state index is 12.2. The molecule has 1 aliphatic rings. The minimum Gasteiger partial charge on any atom is -0.371 e. The van der Waals surface area contributed by atoms with Crippen molar-refractivity contribution >= 4 is 0 Å². The van der Waals surface area contributed by atoms with Crippen molar-refractivity contribution in [2.75, 3.05) is 6.61 Å². The molecule has 0 bridgehead atoms. The second-order valence-electron chi connectivity index (χ2n) is 2.00. The lowest BCUT2D eigenvalue weighted by Gasteiger charge is -2.02. The first-order valence-corrected chi connectivity index (χ1v) is 2.92. The lowest BCUT2D eigenvalue weighted by Crippen LogP contribution is -2.04. The fraction of sp³-hybridized carbons (Fsp3) is 0.667. The van der Waals surface area contributed by atoms with Gasteiger partial charge in [0, 0.05) is 6.61 Å². The minimum atomic E-state index is -0.785. The smallest absolute Gasteiger partial charge is 0.157 e. The van der Waals surface area contributed by atoms with Gasteiger partial charge in [0.25, 0.3) is 0 Å². The Bertz CT molecular complexity index is 116. The van der Waals surface area contributed by atoms with Crippen molar-refractivity contribution < 1.29 is 13.5 Å². The number of rotatable bonds is 1. The Morgan fingerprint density at radius 2 is 2.44 bits per heavy atom. The summed E-state index contributed by atoms with van der Waals surface area (Å²) in [5.74, 6) is -0.785. The maximum Gasteiger partial charge on any atom is 0.157 e. The molecule has 1 unspecified atom stereocenters. The molecule has 0 aromatic heterocycles. The molecule has 1 heterocycles. The fourth-order valence-electron chi connectivity index (χ4n) is 0.865. The van der Waals surface area contributed by atoms with E-state index in [1.807, 2.05) is 0 Å². The van der Waals surface area contributed by atoms with Gasteiger partial charge >= 0.3 is 0 Å². The van der Waals surface area contributed by atoms with Crippen LogP contribution in [0.4, 0.5) is 8.78 Å². The Kier molecular flexibility index (Phi) is 2.16. The summed E-state index contributed by atoms with van der Waals surface area (Å²) in [6.07, 6.45) is 0.795. The van der Waals surface area contributed by atoms with Crippen molar-refractivity contribution in [1.82, 2.24) is 0 Å². The number of halogens is 2. The van der Waals surface area contributed by atoms with Gasteiger partial charge in [-0.05, 0) is 12.8 Å². The van der Waals surface area contributed by atoms with E-state index in [0.717, 1.165) is 6.42 Å². The highest BCUT2D eigenvalue weighted by Crippen LogP contribution is 2.20. The molecule has 9 heavy (non-hydrogen) atoms. The van der Waals surface area contributed by atoms with Crippen LogP contribution in [-0.4, -0.2) is 12.7 Å². The molecular formula is C6H8F2O. The van der Waals surface area contributed by atoms with Gasteiger partial charge < -0.3 is 4.74 Å². The highest BCUT2D eigenvalue weighted by Gasteiger charge is 2.19. The van der Waals surface area contributed by atoms with Gasteiger partial charge in [-0.2, -0.15) is 0 Å². The first kappa shape index (κ1) is 6.68. The van der Waals surface area contributed by atoms with Crippen LogP contribution >= 0.6 is 0 Å². The highest BCUT2D eigenvalue weighted by atomic mass is 19.2. The van der Waals surface area contributed by atoms with Gasteiger partial charge in [0.15, 0.2) is 5.83 Å². The molecule has 0 saturated carbocycles. The van der Waals surface area contributed by atoms with E-state index in [4.69, 9.17) is 4.74 Å². The summed E-state index contributed by atoms with van der Waals surface area (Å²) < 4.78 is 28.4. The van der Waals surface area contributed by atoms with Gasteiger partial charge in [-0.15, -0.1) is 0 Å². The Balaban J connectivity index is 2.42. The standard InChI is InChI=1S/C6H8F2O/c7-4-5(8)6-2-1-3-9-6/h4,6H,1-3H2/b5-4+. The molecule has 1 atom stereocenters. The lowest BCUT2D eigenvalue weighted by molar-refractivity contribution is 0.117. The van der Waals surface area contributed by atoms with Gasteiger partial charge in [-0.3, -0.25) is 0 Å². The van der Waals surface area contributed by atoms with Crippen LogP contribution in [0.25, 0.3) is 0 Å². The first-order chi connectivity index (χ1) is 4.34. The number of ether oxygens (including phenoxy) is 1. The van der Waals surface area contributed by atoms with Crippen LogP contribution in [0.2, 0.25) is 0 Å². The zero-order valence-electron chi connectivity index (χ0n) is 4.94. The number of hydrogen-bond donors (Lipinski definition) is 0. The largest absolute Gasteiger partial charge is 0.371 e. The lowest BCUT2D eigenvalue weighted by atomic mass is 10.2. The summed E-state index contributed by atoms with van der Waals surface area (Å²) in [7, 11) is 0. The van der Waals surface area contributed by atoms with Crippen molar-refractivity contribution in [3.8, 4) is 0 Å². The minimum absolute atomic E-state index is 0.0318.